The fourth-order valence-electron chi connectivity index (χ4n) is 3.13. The fraction of sp³-hybridized carbons (Fsp3) is 0.333. The monoisotopic (exact) mass is 414 g/mol. The van der Waals surface area contributed by atoms with Gasteiger partial charge in [-0.15, -0.1) is 17.9 Å². The highest BCUT2D eigenvalue weighted by Crippen LogP contribution is 2.25. The third kappa shape index (κ3) is 4.32. The summed E-state index contributed by atoms with van der Waals surface area (Å²) in [6.07, 6.45) is 4.13. The molecule has 3 heterocycles. The van der Waals surface area contributed by atoms with Crippen LogP contribution in [0.15, 0.2) is 58.3 Å². The molecule has 1 fully saturated rings. The number of rotatable bonds is 8. The molecular weight excluding hydrogens is 392 g/mol. The summed E-state index contributed by atoms with van der Waals surface area (Å²) in [6, 6.07) is 9.91. The standard InChI is InChI=1S/C21H22N2O3S2/c1-2-10-23-20(24)18-9-12-27-19(18)22-21(23)28-14-15-5-7-16(8-6-15)26-13-17-4-3-11-25-17/h2,5-9,12,17H,1,3-4,10-11,13-14H2. The average Bonchev–Trinajstić information content (AvgIpc) is 3.40. The van der Waals surface area contributed by atoms with E-state index < -0.39 is 0 Å². The van der Waals surface area contributed by atoms with Gasteiger partial charge in [0.1, 0.15) is 17.2 Å². The number of hydrogen-bond acceptors (Lipinski definition) is 6. The zero-order valence-electron chi connectivity index (χ0n) is 15.5. The zero-order chi connectivity index (χ0) is 19.3. The SMILES string of the molecule is C=CCn1c(SCc2ccc(OCC3CCCO3)cc2)nc2sccc2c1=O. The molecule has 0 N–H and O–H groups in total. The van der Waals surface area contributed by atoms with Gasteiger partial charge >= 0.3 is 0 Å². The summed E-state index contributed by atoms with van der Waals surface area (Å²) in [5.41, 5.74) is 1.15. The Balaban J connectivity index is 1.43. The van der Waals surface area contributed by atoms with E-state index in [1.54, 1.807) is 22.4 Å². The van der Waals surface area contributed by atoms with Gasteiger partial charge in [-0.2, -0.15) is 0 Å². The van der Waals surface area contributed by atoms with E-state index in [1.165, 1.54) is 11.3 Å². The topological polar surface area (TPSA) is 53.4 Å². The lowest BCUT2D eigenvalue weighted by molar-refractivity contribution is 0.0679. The van der Waals surface area contributed by atoms with Crippen molar-refractivity contribution in [2.45, 2.75) is 36.4 Å². The van der Waals surface area contributed by atoms with Crippen molar-refractivity contribution >= 4 is 33.3 Å². The predicted molar refractivity (Wildman–Crippen MR) is 115 cm³/mol. The van der Waals surface area contributed by atoms with Gasteiger partial charge in [-0.05, 0) is 42.0 Å². The van der Waals surface area contributed by atoms with E-state index in [1.807, 2.05) is 23.6 Å². The van der Waals surface area contributed by atoms with Gasteiger partial charge in [0.15, 0.2) is 5.16 Å². The zero-order valence-corrected chi connectivity index (χ0v) is 17.1. The highest BCUT2D eigenvalue weighted by molar-refractivity contribution is 7.98. The molecule has 1 aromatic carbocycles. The second-order valence-electron chi connectivity index (χ2n) is 6.62. The molecule has 0 spiro atoms. The van der Waals surface area contributed by atoms with Crippen LogP contribution in [0.4, 0.5) is 0 Å². The van der Waals surface area contributed by atoms with Crippen molar-refractivity contribution in [3.05, 3.63) is 64.3 Å². The van der Waals surface area contributed by atoms with Crippen molar-refractivity contribution in [2.24, 2.45) is 0 Å². The first-order chi connectivity index (χ1) is 13.7. The van der Waals surface area contributed by atoms with Crippen LogP contribution in [0.3, 0.4) is 0 Å². The fourth-order valence-corrected chi connectivity index (χ4v) is 4.89. The summed E-state index contributed by atoms with van der Waals surface area (Å²) in [6.45, 7) is 5.66. The normalized spacial score (nSPS) is 16.5. The minimum atomic E-state index is -0.00784. The van der Waals surface area contributed by atoms with E-state index in [0.29, 0.717) is 18.5 Å². The third-order valence-corrected chi connectivity index (χ3v) is 6.47. The number of hydrogen-bond donors (Lipinski definition) is 0. The van der Waals surface area contributed by atoms with E-state index >= 15 is 0 Å². The Labute approximate surface area is 172 Å². The van der Waals surface area contributed by atoms with Crippen LogP contribution in [0.25, 0.3) is 10.2 Å². The maximum Gasteiger partial charge on any atom is 0.263 e. The quantitative estimate of drug-likeness (QED) is 0.309. The number of benzene rings is 1. The van der Waals surface area contributed by atoms with Crippen molar-refractivity contribution in [2.75, 3.05) is 13.2 Å². The van der Waals surface area contributed by atoms with Crippen molar-refractivity contribution in [1.29, 1.82) is 0 Å². The molecule has 4 rings (SSSR count). The number of ether oxygens (including phenoxy) is 2. The molecule has 1 unspecified atom stereocenters. The molecule has 1 atom stereocenters. The minimum Gasteiger partial charge on any atom is -0.491 e. The summed E-state index contributed by atoms with van der Waals surface area (Å²) in [4.78, 5) is 18.1. The van der Waals surface area contributed by atoms with Crippen LogP contribution in [0.1, 0.15) is 18.4 Å². The van der Waals surface area contributed by atoms with Crippen molar-refractivity contribution < 1.29 is 9.47 Å². The van der Waals surface area contributed by atoms with Crippen LogP contribution in [-0.2, 0) is 17.0 Å². The second-order valence-corrected chi connectivity index (χ2v) is 8.45. The van der Waals surface area contributed by atoms with Crippen LogP contribution in [0, 0.1) is 0 Å². The molecule has 2 aromatic heterocycles. The molecule has 0 radical (unpaired) electrons. The Morgan fingerprint density at radius 3 is 2.96 bits per heavy atom. The first-order valence-corrected chi connectivity index (χ1v) is 11.2. The van der Waals surface area contributed by atoms with Crippen LogP contribution in [0.5, 0.6) is 5.75 Å². The van der Waals surface area contributed by atoms with Crippen LogP contribution >= 0.6 is 23.1 Å². The Hall–Kier alpha value is -2.09. The van der Waals surface area contributed by atoms with Gasteiger partial charge in [0, 0.05) is 18.9 Å². The van der Waals surface area contributed by atoms with Crippen LogP contribution in [0.2, 0.25) is 0 Å². The van der Waals surface area contributed by atoms with E-state index in [-0.39, 0.29) is 11.7 Å². The average molecular weight is 415 g/mol. The lowest BCUT2D eigenvalue weighted by Crippen LogP contribution is -2.22. The molecule has 28 heavy (non-hydrogen) atoms. The Morgan fingerprint density at radius 2 is 2.21 bits per heavy atom. The second kappa shape index (κ2) is 8.94. The molecule has 1 saturated heterocycles. The molecule has 0 amide bonds. The van der Waals surface area contributed by atoms with E-state index in [2.05, 4.69) is 23.7 Å². The molecule has 0 bridgehead atoms. The summed E-state index contributed by atoms with van der Waals surface area (Å²) in [5, 5.41) is 3.30. The predicted octanol–water partition coefficient (Wildman–Crippen LogP) is 4.49. The number of aromatic nitrogens is 2. The van der Waals surface area contributed by atoms with Gasteiger partial charge in [-0.1, -0.05) is 30.0 Å². The van der Waals surface area contributed by atoms with Gasteiger partial charge in [0.2, 0.25) is 0 Å². The summed E-state index contributed by atoms with van der Waals surface area (Å²) >= 11 is 3.05. The first-order valence-electron chi connectivity index (χ1n) is 9.29. The maximum absolute atomic E-state index is 12.7. The van der Waals surface area contributed by atoms with Gasteiger partial charge in [-0.3, -0.25) is 9.36 Å². The Bertz CT molecular complexity index is 1000. The van der Waals surface area contributed by atoms with E-state index in [0.717, 1.165) is 46.5 Å². The molecule has 1 aliphatic heterocycles. The highest BCUT2D eigenvalue weighted by atomic mass is 32.2. The smallest absolute Gasteiger partial charge is 0.263 e. The minimum absolute atomic E-state index is 0.00784. The van der Waals surface area contributed by atoms with Gasteiger partial charge in [0.25, 0.3) is 5.56 Å². The number of nitrogens with zero attached hydrogens (tertiary/aromatic N) is 2. The molecule has 1 aliphatic rings. The van der Waals surface area contributed by atoms with Gasteiger partial charge in [0.05, 0.1) is 11.5 Å². The van der Waals surface area contributed by atoms with Crippen LogP contribution in [-0.4, -0.2) is 28.9 Å². The van der Waals surface area contributed by atoms with Gasteiger partial charge < -0.3 is 9.47 Å². The maximum atomic E-state index is 12.7. The molecular formula is C21H22N2O3S2. The van der Waals surface area contributed by atoms with Gasteiger partial charge in [-0.25, -0.2) is 4.98 Å². The number of thioether (sulfide) groups is 1. The Morgan fingerprint density at radius 1 is 1.36 bits per heavy atom. The lowest BCUT2D eigenvalue weighted by Gasteiger charge is -2.12. The number of allylic oxidation sites excluding steroid dienone is 1. The highest BCUT2D eigenvalue weighted by Gasteiger charge is 2.16. The van der Waals surface area contributed by atoms with E-state index in [4.69, 9.17) is 9.47 Å². The molecule has 7 heteroatoms. The third-order valence-electron chi connectivity index (χ3n) is 4.61. The number of fused-ring (bicyclic) bond motifs is 1. The van der Waals surface area contributed by atoms with E-state index in [9.17, 15) is 4.79 Å². The molecule has 5 nitrogen and oxygen atoms in total. The lowest BCUT2D eigenvalue weighted by atomic mass is 10.2. The van der Waals surface area contributed by atoms with Crippen LogP contribution < -0.4 is 10.3 Å². The Kier molecular flexibility index (Phi) is 6.14. The molecule has 0 aliphatic carbocycles. The number of thiophene rings is 1. The first kappa shape index (κ1) is 19.2. The largest absolute Gasteiger partial charge is 0.491 e. The van der Waals surface area contributed by atoms with Crippen molar-refractivity contribution in [3.63, 3.8) is 0 Å². The molecule has 146 valence electrons. The summed E-state index contributed by atoms with van der Waals surface area (Å²) in [5.74, 6) is 1.58. The van der Waals surface area contributed by atoms with Crippen molar-refractivity contribution in [3.8, 4) is 5.75 Å². The summed E-state index contributed by atoms with van der Waals surface area (Å²) < 4.78 is 13.1. The molecule has 3 aromatic rings. The van der Waals surface area contributed by atoms with Crippen molar-refractivity contribution in [1.82, 2.24) is 9.55 Å². The molecule has 0 saturated carbocycles. The summed E-state index contributed by atoms with van der Waals surface area (Å²) in [7, 11) is 0.